The van der Waals surface area contributed by atoms with E-state index >= 15 is 0 Å². The molecule has 4 heteroatoms. The molecule has 4 nitrogen and oxygen atoms in total. The fourth-order valence-corrected chi connectivity index (χ4v) is 4.51. The van der Waals surface area contributed by atoms with Crippen molar-refractivity contribution in [2.75, 3.05) is 7.05 Å². The van der Waals surface area contributed by atoms with Crippen LogP contribution in [-0.4, -0.2) is 24.0 Å². The Labute approximate surface area is 158 Å². The van der Waals surface area contributed by atoms with Gasteiger partial charge in [-0.1, -0.05) is 77.9 Å². The standard InChI is InChI=1S/C23H21NO3/c1-24-22(25)20-16-12-17(21(20)18(13-16)23(26)27)19(14-8-4-2-5-9-14)15-10-6-3-7-11-15/h2-11,13,18,20-21H,12H2,1H3,(H,24,25)(H,26,27). The zero-order valence-corrected chi connectivity index (χ0v) is 15.1. The number of allylic oxidation sites excluding steroid dienone is 1. The van der Waals surface area contributed by atoms with Gasteiger partial charge in [0.25, 0.3) is 0 Å². The van der Waals surface area contributed by atoms with Gasteiger partial charge in [-0.15, -0.1) is 0 Å². The molecular formula is C23H21NO3. The summed E-state index contributed by atoms with van der Waals surface area (Å²) in [5.41, 5.74) is 5.11. The van der Waals surface area contributed by atoms with Gasteiger partial charge in [0.15, 0.2) is 0 Å². The van der Waals surface area contributed by atoms with Crippen molar-refractivity contribution in [3.05, 3.63) is 89.0 Å². The van der Waals surface area contributed by atoms with E-state index in [1.54, 1.807) is 13.1 Å². The van der Waals surface area contributed by atoms with Crippen LogP contribution in [0.4, 0.5) is 0 Å². The van der Waals surface area contributed by atoms with Crippen LogP contribution in [0.1, 0.15) is 17.5 Å². The molecule has 2 aromatic carbocycles. The highest BCUT2D eigenvalue weighted by Gasteiger charge is 2.51. The number of nitrogens with one attached hydrogen (secondary N) is 1. The van der Waals surface area contributed by atoms with Gasteiger partial charge in [0.1, 0.15) is 0 Å². The first-order chi connectivity index (χ1) is 13.1. The Morgan fingerprint density at radius 2 is 1.52 bits per heavy atom. The van der Waals surface area contributed by atoms with Crippen LogP contribution < -0.4 is 5.32 Å². The van der Waals surface area contributed by atoms with Crippen molar-refractivity contribution in [2.24, 2.45) is 17.8 Å². The minimum atomic E-state index is -0.874. The first-order valence-corrected chi connectivity index (χ1v) is 9.10. The van der Waals surface area contributed by atoms with Crippen LogP contribution in [0, 0.1) is 17.8 Å². The average Bonchev–Trinajstić information content (AvgIpc) is 3.25. The third-order valence-electron chi connectivity index (χ3n) is 5.60. The molecule has 2 aliphatic rings. The van der Waals surface area contributed by atoms with Crippen LogP contribution >= 0.6 is 0 Å². The largest absolute Gasteiger partial charge is 0.481 e. The number of carbonyl (C=O) groups is 2. The molecule has 1 saturated carbocycles. The molecule has 27 heavy (non-hydrogen) atoms. The molecule has 0 aliphatic heterocycles. The highest BCUT2D eigenvalue weighted by Crippen LogP contribution is 2.54. The Hall–Kier alpha value is -3.14. The zero-order chi connectivity index (χ0) is 19.0. The number of fused-ring (bicyclic) bond motifs is 2. The van der Waals surface area contributed by atoms with Gasteiger partial charge in [0.05, 0.1) is 11.8 Å². The maximum Gasteiger partial charge on any atom is 0.311 e. The molecule has 3 unspecified atom stereocenters. The van der Waals surface area contributed by atoms with Crippen molar-refractivity contribution in [2.45, 2.75) is 6.42 Å². The van der Waals surface area contributed by atoms with Gasteiger partial charge in [0.2, 0.25) is 5.91 Å². The summed E-state index contributed by atoms with van der Waals surface area (Å²) in [6.07, 6.45) is 2.43. The SMILES string of the molecule is CNC(=O)C1C2=CC(C(=O)O)C1C(=C(c1ccccc1)c1ccccc1)C2. The number of aliphatic carboxylic acids is 1. The van der Waals surface area contributed by atoms with Crippen LogP contribution in [0.2, 0.25) is 0 Å². The third kappa shape index (κ3) is 2.87. The molecule has 3 atom stereocenters. The lowest BCUT2D eigenvalue weighted by Gasteiger charge is -2.24. The summed E-state index contributed by atoms with van der Waals surface area (Å²) >= 11 is 0. The van der Waals surface area contributed by atoms with E-state index in [2.05, 4.69) is 5.32 Å². The van der Waals surface area contributed by atoms with E-state index in [9.17, 15) is 14.7 Å². The fraction of sp³-hybridized carbons (Fsp3) is 0.217. The molecule has 1 amide bonds. The van der Waals surface area contributed by atoms with E-state index in [1.807, 2.05) is 60.7 Å². The number of amides is 1. The zero-order valence-electron chi connectivity index (χ0n) is 15.1. The summed E-state index contributed by atoms with van der Waals surface area (Å²) in [4.78, 5) is 24.4. The predicted molar refractivity (Wildman–Crippen MR) is 104 cm³/mol. The highest BCUT2D eigenvalue weighted by atomic mass is 16.4. The molecule has 136 valence electrons. The first kappa shape index (κ1) is 17.3. The minimum Gasteiger partial charge on any atom is -0.481 e. The molecule has 2 aromatic rings. The summed E-state index contributed by atoms with van der Waals surface area (Å²) in [5, 5.41) is 12.5. The van der Waals surface area contributed by atoms with Crippen molar-refractivity contribution in [1.29, 1.82) is 0 Å². The van der Waals surface area contributed by atoms with Crippen molar-refractivity contribution < 1.29 is 14.7 Å². The van der Waals surface area contributed by atoms with E-state index in [0.29, 0.717) is 6.42 Å². The van der Waals surface area contributed by atoms with Crippen LogP contribution in [0.25, 0.3) is 5.57 Å². The van der Waals surface area contributed by atoms with Gasteiger partial charge in [-0.05, 0) is 23.1 Å². The van der Waals surface area contributed by atoms with Crippen LogP contribution in [0.15, 0.2) is 77.9 Å². The molecule has 0 spiro atoms. The number of carboxylic acids is 1. The first-order valence-electron chi connectivity index (χ1n) is 9.10. The van der Waals surface area contributed by atoms with Crippen molar-refractivity contribution >= 4 is 17.4 Å². The van der Waals surface area contributed by atoms with Crippen molar-refractivity contribution in [3.63, 3.8) is 0 Å². The number of benzene rings is 2. The molecule has 4 rings (SSSR count). The number of hydrogen-bond donors (Lipinski definition) is 2. The van der Waals surface area contributed by atoms with Gasteiger partial charge in [-0.25, -0.2) is 0 Å². The molecule has 0 radical (unpaired) electrons. The van der Waals surface area contributed by atoms with Gasteiger partial charge < -0.3 is 10.4 Å². The summed E-state index contributed by atoms with van der Waals surface area (Å²) in [6, 6.07) is 20.0. The Bertz CT molecular complexity index is 903. The predicted octanol–water partition coefficient (Wildman–Crippen LogP) is 3.51. The quantitative estimate of drug-likeness (QED) is 0.821. The number of carbonyl (C=O) groups excluding carboxylic acids is 1. The topological polar surface area (TPSA) is 66.4 Å². The molecule has 2 bridgehead atoms. The summed E-state index contributed by atoms with van der Waals surface area (Å²) < 4.78 is 0. The molecule has 2 aliphatic carbocycles. The average molecular weight is 359 g/mol. The van der Waals surface area contributed by atoms with Gasteiger partial charge in [0, 0.05) is 13.0 Å². The van der Waals surface area contributed by atoms with E-state index in [1.165, 1.54) is 0 Å². The Morgan fingerprint density at radius 3 is 2.00 bits per heavy atom. The van der Waals surface area contributed by atoms with Crippen LogP contribution in [-0.2, 0) is 9.59 Å². The van der Waals surface area contributed by atoms with Crippen LogP contribution in [0.5, 0.6) is 0 Å². The maximum absolute atomic E-state index is 12.5. The fourth-order valence-electron chi connectivity index (χ4n) is 4.51. The van der Waals surface area contributed by atoms with E-state index < -0.39 is 17.8 Å². The lowest BCUT2D eigenvalue weighted by atomic mass is 9.79. The lowest BCUT2D eigenvalue weighted by Crippen LogP contribution is -2.32. The van der Waals surface area contributed by atoms with E-state index in [0.717, 1.165) is 27.8 Å². The second kappa shape index (κ2) is 6.88. The van der Waals surface area contributed by atoms with Crippen molar-refractivity contribution in [1.82, 2.24) is 5.32 Å². The second-order valence-corrected chi connectivity index (χ2v) is 7.03. The van der Waals surface area contributed by atoms with Crippen molar-refractivity contribution in [3.8, 4) is 0 Å². The Balaban J connectivity index is 1.94. The van der Waals surface area contributed by atoms with Gasteiger partial charge in [-0.2, -0.15) is 0 Å². The Morgan fingerprint density at radius 1 is 0.963 bits per heavy atom. The molecule has 0 aromatic heterocycles. The smallest absolute Gasteiger partial charge is 0.311 e. The third-order valence-corrected chi connectivity index (χ3v) is 5.60. The molecule has 1 fully saturated rings. The normalized spacial score (nSPS) is 23.1. The summed E-state index contributed by atoms with van der Waals surface area (Å²) in [5.74, 6) is -2.37. The van der Waals surface area contributed by atoms with E-state index in [4.69, 9.17) is 0 Å². The molecular weight excluding hydrogens is 338 g/mol. The molecule has 0 saturated heterocycles. The monoisotopic (exact) mass is 359 g/mol. The summed E-state index contributed by atoms with van der Waals surface area (Å²) in [6.45, 7) is 0. The second-order valence-electron chi connectivity index (χ2n) is 7.03. The lowest BCUT2D eigenvalue weighted by molar-refractivity contribution is -0.141. The Kier molecular flexibility index (Phi) is 4.40. The van der Waals surface area contributed by atoms with Gasteiger partial charge in [-0.3, -0.25) is 9.59 Å². The number of carboxylic acid groups (broad SMARTS) is 1. The minimum absolute atomic E-state index is 0.106. The van der Waals surface area contributed by atoms with E-state index in [-0.39, 0.29) is 11.8 Å². The summed E-state index contributed by atoms with van der Waals surface area (Å²) in [7, 11) is 1.61. The molecule has 0 heterocycles. The maximum atomic E-state index is 12.5. The highest BCUT2D eigenvalue weighted by molar-refractivity contribution is 5.92. The van der Waals surface area contributed by atoms with Crippen LogP contribution in [0.3, 0.4) is 0 Å². The number of hydrogen-bond acceptors (Lipinski definition) is 2. The number of rotatable bonds is 4. The molecule has 2 N–H and O–H groups in total. The van der Waals surface area contributed by atoms with Gasteiger partial charge >= 0.3 is 5.97 Å².